The summed E-state index contributed by atoms with van der Waals surface area (Å²) in [6.45, 7) is 7.31. The molecule has 2 atom stereocenters. The van der Waals surface area contributed by atoms with E-state index < -0.39 is 5.60 Å². The SMILES string of the molecule is CC(C)=CCCC1(O)CCNC(C)C1. The zero-order valence-electron chi connectivity index (χ0n) is 9.64. The third-order valence-electron chi connectivity index (χ3n) is 2.93. The van der Waals surface area contributed by atoms with E-state index in [9.17, 15) is 5.11 Å². The molecule has 1 aliphatic heterocycles. The second-order valence-electron chi connectivity index (χ2n) is 4.85. The number of hydrogen-bond donors (Lipinski definition) is 2. The molecule has 14 heavy (non-hydrogen) atoms. The second kappa shape index (κ2) is 4.94. The van der Waals surface area contributed by atoms with Crippen LogP contribution in [0.1, 0.15) is 46.5 Å². The van der Waals surface area contributed by atoms with Crippen LogP contribution in [0.15, 0.2) is 11.6 Å². The first-order valence-electron chi connectivity index (χ1n) is 5.61. The molecule has 2 N–H and O–H groups in total. The van der Waals surface area contributed by atoms with Crippen LogP contribution in [0.3, 0.4) is 0 Å². The van der Waals surface area contributed by atoms with Crippen molar-refractivity contribution in [1.82, 2.24) is 5.32 Å². The van der Waals surface area contributed by atoms with Crippen molar-refractivity contribution in [3.05, 3.63) is 11.6 Å². The lowest BCUT2D eigenvalue weighted by Crippen LogP contribution is -2.46. The van der Waals surface area contributed by atoms with E-state index in [4.69, 9.17) is 0 Å². The molecule has 1 heterocycles. The van der Waals surface area contributed by atoms with Gasteiger partial charge in [0, 0.05) is 6.04 Å². The van der Waals surface area contributed by atoms with Gasteiger partial charge in [-0.15, -0.1) is 0 Å². The molecule has 1 fully saturated rings. The Morgan fingerprint density at radius 1 is 1.57 bits per heavy atom. The summed E-state index contributed by atoms with van der Waals surface area (Å²) in [5.74, 6) is 0. The van der Waals surface area contributed by atoms with Gasteiger partial charge in [0.1, 0.15) is 0 Å². The van der Waals surface area contributed by atoms with Crippen molar-refractivity contribution in [3.8, 4) is 0 Å². The van der Waals surface area contributed by atoms with Crippen molar-refractivity contribution in [2.75, 3.05) is 6.54 Å². The average molecular weight is 197 g/mol. The summed E-state index contributed by atoms with van der Waals surface area (Å²) in [6, 6.07) is 0.459. The summed E-state index contributed by atoms with van der Waals surface area (Å²) in [5, 5.41) is 13.6. The number of piperidine rings is 1. The molecule has 0 saturated carbocycles. The summed E-state index contributed by atoms with van der Waals surface area (Å²) >= 11 is 0. The number of rotatable bonds is 3. The lowest BCUT2D eigenvalue weighted by molar-refractivity contribution is -0.00836. The van der Waals surface area contributed by atoms with Crippen molar-refractivity contribution < 1.29 is 5.11 Å². The average Bonchev–Trinajstić information content (AvgIpc) is 2.01. The Balaban J connectivity index is 2.37. The number of allylic oxidation sites excluding steroid dienone is 2. The topological polar surface area (TPSA) is 32.3 Å². The standard InChI is InChI=1S/C12H23NO/c1-10(2)5-4-6-12(14)7-8-13-11(3)9-12/h5,11,13-14H,4,6-9H2,1-3H3. The molecule has 0 spiro atoms. The minimum atomic E-state index is -0.420. The van der Waals surface area contributed by atoms with Crippen LogP contribution >= 0.6 is 0 Å². The highest BCUT2D eigenvalue weighted by Crippen LogP contribution is 2.26. The maximum absolute atomic E-state index is 10.3. The van der Waals surface area contributed by atoms with Gasteiger partial charge in [0.15, 0.2) is 0 Å². The predicted molar refractivity (Wildman–Crippen MR) is 60.3 cm³/mol. The molecule has 0 aromatic carbocycles. The van der Waals surface area contributed by atoms with Gasteiger partial charge in [0.05, 0.1) is 5.60 Å². The quantitative estimate of drug-likeness (QED) is 0.680. The lowest BCUT2D eigenvalue weighted by atomic mass is 9.84. The van der Waals surface area contributed by atoms with Crippen molar-refractivity contribution in [1.29, 1.82) is 0 Å². The van der Waals surface area contributed by atoms with Gasteiger partial charge in [-0.3, -0.25) is 0 Å². The van der Waals surface area contributed by atoms with Crippen LogP contribution in [0.5, 0.6) is 0 Å². The van der Waals surface area contributed by atoms with Gasteiger partial charge in [0.25, 0.3) is 0 Å². The van der Waals surface area contributed by atoms with Crippen LogP contribution in [0.2, 0.25) is 0 Å². The molecular formula is C12H23NO. The van der Waals surface area contributed by atoms with Gasteiger partial charge < -0.3 is 10.4 Å². The fourth-order valence-corrected chi connectivity index (χ4v) is 2.15. The van der Waals surface area contributed by atoms with E-state index in [-0.39, 0.29) is 0 Å². The maximum atomic E-state index is 10.3. The van der Waals surface area contributed by atoms with Crippen LogP contribution < -0.4 is 5.32 Å². The van der Waals surface area contributed by atoms with Gasteiger partial charge in [-0.25, -0.2) is 0 Å². The Morgan fingerprint density at radius 2 is 2.29 bits per heavy atom. The molecule has 0 amide bonds. The van der Waals surface area contributed by atoms with Gasteiger partial charge in [0.2, 0.25) is 0 Å². The Kier molecular flexibility index (Phi) is 4.14. The summed E-state index contributed by atoms with van der Waals surface area (Å²) < 4.78 is 0. The first-order chi connectivity index (χ1) is 6.52. The smallest absolute Gasteiger partial charge is 0.0677 e. The van der Waals surface area contributed by atoms with E-state index in [2.05, 4.69) is 32.2 Å². The molecule has 0 aliphatic carbocycles. The minimum Gasteiger partial charge on any atom is -0.390 e. The number of hydrogen-bond acceptors (Lipinski definition) is 2. The fraction of sp³-hybridized carbons (Fsp3) is 0.833. The minimum absolute atomic E-state index is 0.420. The van der Waals surface area contributed by atoms with E-state index in [1.54, 1.807) is 0 Å². The van der Waals surface area contributed by atoms with Crippen LogP contribution in [-0.4, -0.2) is 23.3 Å². The van der Waals surface area contributed by atoms with Crippen molar-refractivity contribution in [2.24, 2.45) is 0 Å². The molecule has 0 aromatic heterocycles. The molecule has 2 nitrogen and oxygen atoms in total. The highest BCUT2D eigenvalue weighted by Gasteiger charge is 2.31. The highest BCUT2D eigenvalue weighted by molar-refractivity contribution is 4.96. The molecule has 2 unspecified atom stereocenters. The van der Waals surface area contributed by atoms with E-state index in [0.717, 1.165) is 32.2 Å². The molecule has 2 heteroatoms. The van der Waals surface area contributed by atoms with E-state index in [0.29, 0.717) is 6.04 Å². The van der Waals surface area contributed by atoms with Crippen LogP contribution in [0, 0.1) is 0 Å². The van der Waals surface area contributed by atoms with Crippen LogP contribution in [-0.2, 0) is 0 Å². The van der Waals surface area contributed by atoms with Gasteiger partial charge in [-0.1, -0.05) is 11.6 Å². The van der Waals surface area contributed by atoms with Crippen molar-refractivity contribution in [2.45, 2.75) is 58.1 Å². The third-order valence-corrected chi connectivity index (χ3v) is 2.93. The normalized spacial score (nSPS) is 32.7. The predicted octanol–water partition coefficient (Wildman–Crippen LogP) is 2.24. The zero-order chi connectivity index (χ0) is 10.6. The molecule has 0 aromatic rings. The van der Waals surface area contributed by atoms with Gasteiger partial charge >= 0.3 is 0 Å². The molecular weight excluding hydrogens is 174 g/mol. The maximum Gasteiger partial charge on any atom is 0.0677 e. The van der Waals surface area contributed by atoms with Gasteiger partial charge in [-0.05, 0) is 53.0 Å². The van der Waals surface area contributed by atoms with Crippen LogP contribution in [0.4, 0.5) is 0 Å². The Labute approximate surface area is 87.4 Å². The van der Waals surface area contributed by atoms with E-state index in [1.165, 1.54) is 5.57 Å². The van der Waals surface area contributed by atoms with Crippen LogP contribution in [0.25, 0.3) is 0 Å². The Bertz CT molecular complexity index is 208. The largest absolute Gasteiger partial charge is 0.390 e. The molecule has 1 saturated heterocycles. The molecule has 0 radical (unpaired) electrons. The lowest BCUT2D eigenvalue weighted by Gasteiger charge is -2.36. The summed E-state index contributed by atoms with van der Waals surface area (Å²) in [5.41, 5.74) is 0.923. The van der Waals surface area contributed by atoms with E-state index in [1.807, 2.05) is 0 Å². The summed E-state index contributed by atoms with van der Waals surface area (Å²) in [6.07, 6.45) is 5.91. The second-order valence-corrected chi connectivity index (χ2v) is 4.85. The Morgan fingerprint density at radius 3 is 2.86 bits per heavy atom. The van der Waals surface area contributed by atoms with Gasteiger partial charge in [-0.2, -0.15) is 0 Å². The highest BCUT2D eigenvalue weighted by atomic mass is 16.3. The first kappa shape index (κ1) is 11.7. The number of nitrogens with one attached hydrogen (secondary N) is 1. The van der Waals surface area contributed by atoms with Crippen molar-refractivity contribution in [3.63, 3.8) is 0 Å². The first-order valence-corrected chi connectivity index (χ1v) is 5.61. The molecule has 1 rings (SSSR count). The summed E-state index contributed by atoms with van der Waals surface area (Å²) in [7, 11) is 0. The van der Waals surface area contributed by atoms with E-state index >= 15 is 0 Å². The molecule has 0 bridgehead atoms. The third kappa shape index (κ3) is 3.81. The summed E-state index contributed by atoms with van der Waals surface area (Å²) in [4.78, 5) is 0. The number of aliphatic hydroxyl groups is 1. The zero-order valence-corrected chi connectivity index (χ0v) is 9.64. The van der Waals surface area contributed by atoms with Crippen molar-refractivity contribution >= 4 is 0 Å². The monoisotopic (exact) mass is 197 g/mol. The molecule has 1 aliphatic rings. The molecule has 82 valence electrons. The Hall–Kier alpha value is -0.340. The fourth-order valence-electron chi connectivity index (χ4n) is 2.15.